The second-order valence-corrected chi connectivity index (χ2v) is 6.26. The van der Waals surface area contributed by atoms with Gasteiger partial charge in [-0.3, -0.25) is 4.79 Å². The van der Waals surface area contributed by atoms with Crippen molar-refractivity contribution < 1.29 is 18.3 Å². The lowest BCUT2D eigenvalue weighted by molar-refractivity contribution is -0.121. The van der Waals surface area contributed by atoms with Crippen molar-refractivity contribution in [1.82, 2.24) is 5.32 Å². The van der Waals surface area contributed by atoms with Gasteiger partial charge in [0.15, 0.2) is 0 Å². The molecule has 2 aromatic rings. The molecule has 0 heterocycles. The predicted octanol–water partition coefficient (Wildman–Crippen LogP) is 4.03. The fraction of sp³-hybridized carbons (Fsp3) is 0.350. The van der Waals surface area contributed by atoms with Crippen molar-refractivity contribution in [2.45, 2.75) is 45.3 Å². The van der Waals surface area contributed by atoms with Gasteiger partial charge in [0.1, 0.15) is 5.75 Å². The predicted molar refractivity (Wildman–Crippen MR) is 91.7 cm³/mol. The van der Waals surface area contributed by atoms with Gasteiger partial charge < -0.3 is 10.1 Å². The molecule has 0 saturated carbocycles. The van der Waals surface area contributed by atoms with Crippen LogP contribution in [0.25, 0.3) is 0 Å². The van der Waals surface area contributed by atoms with Crippen molar-refractivity contribution in [1.29, 1.82) is 0 Å². The molecular formula is C20H21F2NO2. The minimum atomic E-state index is -2.82. The number of alkyl halides is 2. The van der Waals surface area contributed by atoms with Gasteiger partial charge >= 0.3 is 6.61 Å². The lowest BCUT2D eigenvalue weighted by Crippen LogP contribution is -2.23. The van der Waals surface area contributed by atoms with Crippen molar-refractivity contribution in [3.63, 3.8) is 0 Å². The summed E-state index contributed by atoms with van der Waals surface area (Å²) in [7, 11) is 0. The van der Waals surface area contributed by atoms with E-state index in [1.165, 1.54) is 29.7 Å². The quantitative estimate of drug-likeness (QED) is 0.823. The maximum absolute atomic E-state index is 12.1. The first-order chi connectivity index (χ1) is 12.1. The van der Waals surface area contributed by atoms with Gasteiger partial charge in [0.05, 0.1) is 0 Å². The summed E-state index contributed by atoms with van der Waals surface area (Å²) < 4.78 is 28.5. The van der Waals surface area contributed by atoms with Crippen LogP contribution in [0.5, 0.6) is 5.75 Å². The Morgan fingerprint density at radius 3 is 2.52 bits per heavy atom. The smallest absolute Gasteiger partial charge is 0.387 e. The van der Waals surface area contributed by atoms with Gasteiger partial charge in [0, 0.05) is 13.0 Å². The summed E-state index contributed by atoms with van der Waals surface area (Å²) >= 11 is 0. The Kier molecular flexibility index (Phi) is 5.64. The Bertz CT molecular complexity index is 729. The number of ether oxygens (including phenoxy) is 1. The minimum Gasteiger partial charge on any atom is -0.435 e. The SMILES string of the molecule is O=C(CCc1ccc(OC(F)F)cc1)NCc1ccc2c(c1)CCC2. The highest BCUT2D eigenvalue weighted by molar-refractivity contribution is 5.76. The molecule has 1 aliphatic rings. The third kappa shape index (κ3) is 5.02. The summed E-state index contributed by atoms with van der Waals surface area (Å²) in [5.74, 6) is 0.105. The van der Waals surface area contributed by atoms with E-state index in [-0.39, 0.29) is 11.7 Å². The average Bonchev–Trinajstić information content (AvgIpc) is 3.06. The van der Waals surface area contributed by atoms with E-state index in [9.17, 15) is 13.6 Å². The number of hydrogen-bond acceptors (Lipinski definition) is 2. The number of fused-ring (bicyclic) bond motifs is 1. The molecule has 0 fully saturated rings. The van der Waals surface area contributed by atoms with Crippen LogP contribution in [0.15, 0.2) is 42.5 Å². The van der Waals surface area contributed by atoms with Gasteiger partial charge in [0.2, 0.25) is 5.91 Å². The Morgan fingerprint density at radius 2 is 1.76 bits per heavy atom. The van der Waals surface area contributed by atoms with E-state index in [0.29, 0.717) is 19.4 Å². The third-order valence-corrected chi connectivity index (χ3v) is 4.44. The number of nitrogens with one attached hydrogen (secondary N) is 1. The molecule has 0 bridgehead atoms. The lowest BCUT2D eigenvalue weighted by atomic mass is 10.1. The van der Waals surface area contributed by atoms with Crippen LogP contribution in [0.2, 0.25) is 0 Å². The first-order valence-electron chi connectivity index (χ1n) is 8.51. The molecule has 1 aliphatic carbocycles. The molecule has 3 rings (SSSR count). The van der Waals surface area contributed by atoms with Gasteiger partial charge in [0.25, 0.3) is 0 Å². The fourth-order valence-corrected chi connectivity index (χ4v) is 3.12. The summed E-state index contributed by atoms with van der Waals surface area (Å²) in [6, 6.07) is 12.8. The van der Waals surface area contributed by atoms with Crippen LogP contribution in [-0.4, -0.2) is 12.5 Å². The molecule has 1 N–H and O–H groups in total. The summed E-state index contributed by atoms with van der Waals surface area (Å²) in [5, 5.41) is 2.94. The first-order valence-corrected chi connectivity index (χ1v) is 8.51. The molecule has 5 heteroatoms. The average molecular weight is 345 g/mol. The molecule has 0 atom stereocenters. The Labute approximate surface area is 146 Å². The highest BCUT2D eigenvalue weighted by atomic mass is 19.3. The summed E-state index contributed by atoms with van der Waals surface area (Å²) in [5.41, 5.74) is 4.86. The first kappa shape index (κ1) is 17.4. The summed E-state index contributed by atoms with van der Waals surface area (Å²) in [6.45, 7) is -2.29. The van der Waals surface area contributed by atoms with E-state index in [2.05, 4.69) is 28.3 Å². The number of carbonyl (C=O) groups is 1. The summed E-state index contributed by atoms with van der Waals surface area (Å²) in [6.07, 6.45) is 4.42. The van der Waals surface area contributed by atoms with Crippen LogP contribution in [0.4, 0.5) is 8.78 Å². The van der Waals surface area contributed by atoms with Crippen LogP contribution < -0.4 is 10.1 Å². The van der Waals surface area contributed by atoms with Crippen LogP contribution >= 0.6 is 0 Å². The number of hydrogen-bond donors (Lipinski definition) is 1. The molecule has 2 aromatic carbocycles. The Morgan fingerprint density at radius 1 is 1.04 bits per heavy atom. The van der Waals surface area contributed by atoms with Gasteiger partial charge in [-0.2, -0.15) is 8.78 Å². The Balaban J connectivity index is 1.43. The monoisotopic (exact) mass is 345 g/mol. The molecule has 0 saturated heterocycles. The molecule has 0 aromatic heterocycles. The standard InChI is InChI=1S/C20H21F2NO2/c21-20(22)25-18-9-5-14(6-10-18)7-11-19(24)23-13-15-4-8-16-2-1-3-17(16)12-15/h4-6,8-10,12,20H,1-3,7,11,13H2,(H,23,24). The molecule has 0 spiro atoms. The van der Waals surface area contributed by atoms with E-state index in [4.69, 9.17) is 0 Å². The summed E-state index contributed by atoms with van der Waals surface area (Å²) in [4.78, 5) is 12.0. The third-order valence-electron chi connectivity index (χ3n) is 4.44. The normalized spacial score (nSPS) is 12.9. The minimum absolute atomic E-state index is 0.0200. The number of rotatable bonds is 7. The maximum atomic E-state index is 12.1. The molecule has 3 nitrogen and oxygen atoms in total. The number of benzene rings is 2. The van der Waals surface area contributed by atoms with Gasteiger partial charge in [-0.05, 0) is 60.1 Å². The molecule has 132 valence electrons. The van der Waals surface area contributed by atoms with E-state index in [1.54, 1.807) is 12.1 Å². The number of aryl methyl sites for hydroxylation is 3. The highest BCUT2D eigenvalue weighted by Crippen LogP contribution is 2.22. The second-order valence-electron chi connectivity index (χ2n) is 6.26. The van der Waals surface area contributed by atoms with Crippen molar-refractivity contribution in [3.8, 4) is 5.75 Å². The van der Waals surface area contributed by atoms with Gasteiger partial charge in [-0.1, -0.05) is 30.3 Å². The van der Waals surface area contributed by atoms with E-state index >= 15 is 0 Å². The zero-order chi connectivity index (χ0) is 17.6. The highest BCUT2D eigenvalue weighted by Gasteiger charge is 2.11. The second kappa shape index (κ2) is 8.10. The number of carbonyl (C=O) groups excluding carboxylic acids is 1. The Hall–Kier alpha value is -2.43. The van der Waals surface area contributed by atoms with Crippen LogP contribution in [0, 0.1) is 0 Å². The molecule has 0 radical (unpaired) electrons. The number of halogens is 2. The van der Waals surface area contributed by atoms with E-state index in [0.717, 1.165) is 24.0 Å². The van der Waals surface area contributed by atoms with Crippen LogP contribution in [-0.2, 0) is 30.6 Å². The topological polar surface area (TPSA) is 38.3 Å². The van der Waals surface area contributed by atoms with Crippen molar-refractivity contribution in [3.05, 3.63) is 64.7 Å². The lowest BCUT2D eigenvalue weighted by Gasteiger charge is -2.08. The van der Waals surface area contributed by atoms with E-state index in [1.807, 2.05) is 0 Å². The molecule has 1 amide bonds. The molecule has 25 heavy (non-hydrogen) atoms. The maximum Gasteiger partial charge on any atom is 0.387 e. The zero-order valence-corrected chi connectivity index (χ0v) is 13.9. The van der Waals surface area contributed by atoms with Crippen molar-refractivity contribution in [2.24, 2.45) is 0 Å². The van der Waals surface area contributed by atoms with Crippen LogP contribution in [0.1, 0.15) is 35.1 Å². The fourth-order valence-electron chi connectivity index (χ4n) is 3.12. The van der Waals surface area contributed by atoms with Crippen LogP contribution in [0.3, 0.4) is 0 Å². The molecular weight excluding hydrogens is 324 g/mol. The molecule has 0 aliphatic heterocycles. The van der Waals surface area contributed by atoms with Gasteiger partial charge in [-0.15, -0.1) is 0 Å². The van der Waals surface area contributed by atoms with E-state index < -0.39 is 6.61 Å². The number of amides is 1. The van der Waals surface area contributed by atoms with Crippen molar-refractivity contribution >= 4 is 5.91 Å². The van der Waals surface area contributed by atoms with Gasteiger partial charge in [-0.25, -0.2) is 0 Å². The largest absolute Gasteiger partial charge is 0.435 e. The zero-order valence-electron chi connectivity index (χ0n) is 13.9. The molecule has 0 unspecified atom stereocenters. The van der Waals surface area contributed by atoms with Crippen molar-refractivity contribution in [2.75, 3.05) is 0 Å².